The molecule has 3 N–H and O–H groups in total. The first kappa shape index (κ1) is 12.4. The Morgan fingerprint density at radius 1 is 1.75 bits per heavy atom. The zero-order valence-electron chi connectivity index (χ0n) is 9.34. The standard InChI is InChI=1S/C9H14N4O2S/c1-5(8(10)12-15)13(3)9(14)7-4-11-6(2)16-7/h4-5,15H,1-3H3,(H2,10,12). The fourth-order valence-electron chi connectivity index (χ4n) is 1.09. The van der Waals surface area contributed by atoms with Crippen molar-refractivity contribution in [2.45, 2.75) is 19.9 Å². The summed E-state index contributed by atoms with van der Waals surface area (Å²) in [5.41, 5.74) is 5.43. The first-order chi connectivity index (χ1) is 7.47. The maximum atomic E-state index is 11.9. The smallest absolute Gasteiger partial charge is 0.265 e. The summed E-state index contributed by atoms with van der Waals surface area (Å²) in [5.74, 6) is -0.193. The second-order valence-corrected chi connectivity index (χ2v) is 4.60. The van der Waals surface area contributed by atoms with E-state index in [9.17, 15) is 4.79 Å². The SMILES string of the molecule is Cc1ncc(C(=O)N(C)C(C)C(N)=NO)s1. The normalized spacial score (nSPS) is 13.6. The van der Waals surface area contributed by atoms with Crippen molar-refractivity contribution in [3.8, 4) is 0 Å². The van der Waals surface area contributed by atoms with Gasteiger partial charge in [0.25, 0.3) is 5.91 Å². The number of carbonyl (C=O) groups is 1. The molecule has 0 aliphatic carbocycles. The highest BCUT2D eigenvalue weighted by atomic mass is 32.1. The molecule has 0 bridgehead atoms. The zero-order valence-corrected chi connectivity index (χ0v) is 10.2. The van der Waals surface area contributed by atoms with Gasteiger partial charge in [0.05, 0.1) is 17.2 Å². The highest BCUT2D eigenvalue weighted by Crippen LogP contribution is 2.14. The summed E-state index contributed by atoms with van der Waals surface area (Å²) in [6.07, 6.45) is 1.53. The summed E-state index contributed by atoms with van der Waals surface area (Å²) in [7, 11) is 1.60. The molecule has 1 atom stereocenters. The van der Waals surface area contributed by atoms with Gasteiger partial charge < -0.3 is 15.8 Å². The van der Waals surface area contributed by atoms with Gasteiger partial charge >= 0.3 is 0 Å². The number of likely N-dealkylation sites (N-methyl/N-ethyl adjacent to an activating group) is 1. The Balaban J connectivity index is 2.82. The van der Waals surface area contributed by atoms with E-state index in [1.807, 2.05) is 6.92 Å². The van der Waals surface area contributed by atoms with E-state index < -0.39 is 6.04 Å². The molecule has 0 aliphatic rings. The van der Waals surface area contributed by atoms with E-state index in [0.717, 1.165) is 5.01 Å². The third-order valence-corrected chi connectivity index (χ3v) is 3.18. The summed E-state index contributed by atoms with van der Waals surface area (Å²) in [6, 6.07) is -0.458. The molecule has 0 aliphatic heterocycles. The van der Waals surface area contributed by atoms with Crippen molar-refractivity contribution in [1.29, 1.82) is 0 Å². The first-order valence-corrected chi connectivity index (χ1v) is 5.46. The third kappa shape index (κ3) is 2.48. The number of nitrogens with two attached hydrogens (primary N) is 1. The van der Waals surface area contributed by atoms with Gasteiger partial charge in [-0.25, -0.2) is 4.98 Å². The molecule has 88 valence electrons. The van der Waals surface area contributed by atoms with Gasteiger partial charge in [-0.3, -0.25) is 4.79 Å². The van der Waals surface area contributed by atoms with Crippen LogP contribution < -0.4 is 5.73 Å². The molecule has 0 spiro atoms. The van der Waals surface area contributed by atoms with Crippen LogP contribution >= 0.6 is 11.3 Å². The van der Waals surface area contributed by atoms with Crippen LogP contribution in [0.4, 0.5) is 0 Å². The number of rotatable bonds is 3. The van der Waals surface area contributed by atoms with E-state index >= 15 is 0 Å². The largest absolute Gasteiger partial charge is 0.409 e. The number of hydrogen-bond donors (Lipinski definition) is 2. The van der Waals surface area contributed by atoms with Crippen LogP contribution in [0.5, 0.6) is 0 Å². The van der Waals surface area contributed by atoms with Crippen LogP contribution in [0, 0.1) is 6.92 Å². The lowest BCUT2D eigenvalue weighted by Gasteiger charge is -2.22. The fourth-order valence-corrected chi connectivity index (χ4v) is 1.85. The number of amides is 1. The average Bonchev–Trinajstić information content (AvgIpc) is 2.71. The number of aryl methyl sites for hydroxylation is 1. The number of hydrogen-bond acceptors (Lipinski definition) is 5. The van der Waals surface area contributed by atoms with Gasteiger partial charge in [0, 0.05) is 7.05 Å². The molecule has 6 nitrogen and oxygen atoms in total. The molecule has 16 heavy (non-hydrogen) atoms. The van der Waals surface area contributed by atoms with Crippen molar-refractivity contribution in [2.75, 3.05) is 7.05 Å². The van der Waals surface area contributed by atoms with E-state index in [1.165, 1.54) is 22.4 Å². The summed E-state index contributed by atoms with van der Waals surface area (Å²) >= 11 is 1.32. The quantitative estimate of drug-likeness (QED) is 0.352. The Labute approximate surface area is 97.4 Å². The molecular weight excluding hydrogens is 228 g/mol. The molecule has 0 aromatic carbocycles. The van der Waals surface area contributed by atoms with E-state index in [4.69, 9.17) is 10.9 Å². The molecule has 1 heterocycles. The highest BCUT2D eigenvalue weighted by molar-refractivity contribution is 7.13. The van der Waals surface area contributed by atoms with Crippen LogP contribution in [0.25, 0.3) is 0 Å². The summed E-state index contributed by atoms with van der Waals surface area (Å²) in [6.45, 7) is 3.51. The van der Waals surface area contributed by atoms with Gasteiger partial charge in [-0.2, -0.15) is 0 Å². The Morgan fingerprint density at radius 3 is 2.81 bits per heavy atom. The topological polar surface area (TPSA) is 91.8 Å². The van der Waals surface area contributed by atoms with Crippen molar-refractivity contribution in [3.63, 3.8) is 0 Å². The molecule has 1 aromatic heterocycles. The first-order valence-electron chi connectivity index (χ1n) is 4.64. The average molecular weight is 242 g/mol. The Morgan fingerprint density at radius 2 is 2.38 bits per heavy atom. The molecule has 0 fully saturated rings. The lowest BCUT2D eigenvalue weighted by molar-refractivity contribution is 0.0781. The van der Waals surface area contributed by atoms with E-state index in [-0.39, 0.29) is 11.7 Å². The van der Waals surface area contributed by atoms with E-state index in [2.05, 4.69) is 10.1 Å². The van der Waals surface area contributed by atoms with Crippen LogP contribution in [0.1, 0.15) is 21.6 Å². The molecule has 0 saturated heterocycles. The van der Waals surface area contributed by atoms with Gasteiger partial charge in [0.15, 0.2) is 5.84 Å². The molecule has 1 aromatic rings. The number of aromatic nitrogens is 1. The lowest BCUT2D eigenvalue weighted by atomic mass is 10.2. The van der Waals surface area contributed by atoms with Crippen molar-refractivity contribution >= 4 is 23.1 Å². The van der Waals surface area contributed by atoms with Crippen LogP contribution in [-0.2, 0) is 0 Å². The van der Waals surface area contributed by atoms with Gasteiger partial charge in [0.2, 0.25) is 0 Å². The van der Waals surface area contributed by atoms with Gasteiger partial charge in [-0.15, -0.1) is 11.3 Å². The Bertz CT molecular complexity index is 415. The predicted octanol–water partition coefficient (Wildman–Crippen LogP) is 0.658. The Hall–Kier alpha value is -1.63. The summed E-state index contributed by atoms with van der Waals surface area (Å²) in [4.78, 5) is 17.9. The number of thiazole rings is 1. The molecule has 1 unspecified atom stereocenters. The zero-order chi connectivity index (χ0) is 12.3. The van der Waals surface area contributed by atoms with Crippen molar-refractivity contribution < 1.29 is 10.0 Å². The number of oxime groups is 1. The minimum Gasteiger partial charge on any atom is -0.409 e. The molecular formula is C9H14N4O2S. The van der Waals surface area contributed by atoms with Crippen LogP contribution in [0.3, 0.4) is 0 Å². The molecule has 1 rings (SSSR count). The van der Waals surface area contributed by atoms with Crippen LogP contribution in [0.15, 0.2) is 11.4 Å². The van der Waals surface area contributed by atoms with E-state index in [1.54, 1.807) is 14.0 Å². The molecule has 0 radical (unpaired) electrons. The van der Waals surface area contributed by atoms with E-state index in [0.29, 0.717) is 4.88 Å². The maximum Gasteiger partial charge on any atom is 0.265 e. The van der Waals surface area contributed by atoms with Crippen molar-refractivity contribution in [2.24, 2.45) is 10.9 Å². The second-order valence-electron chi connectivity index (χ2n) is 3.36. The van der Waals surface area contributed by atoms with Crippen LogP contribution in [0.2, 0.25) is 0 Å². The second kappa shape index (κ2) is 4.93. The molecule has 7 heteroatoms. The van der Waals surface area contributed by atoms with Gasteiger partial charge in [-0.1, -0.05) is 5.16 Å². The predicted molar refractivity (Wildman–Crippen MR) is 61.8 cm³/mol. The van der Waals surface area contributed by atoms with Gasteiger partial charge in [0.1, 0.15) is 4.88 Å². The third-order valence-electron chi connectivity index (χ3n) is 2.28. The monoisotopic (exact) mass is 242 g/mol. The summed E-state index contributed by atoms with van der Waals surface area (Å²) < 4.78 is 0. The summed E-state index contributed by atoms with van der Waals surface area (Å²) in [5, 5.41) is 12.2. The number of carbonyl (C=O) groups excluding carboxylic acids is 1. The minimum absolute atomic E-state index is 0.00270. The van der Waals surface area contributed by atoms with Crippen molar-refractivity contribution in [1.82, 2.24) is 9.88 Å². The molecule has 0 saturated carbocycles. The highest BCUT2D eigenvalue weighted by Gasteiger charge is 2.21. The fraction of sp³-hybridized carbons (Fsp3) is 0.444. The van der Waals surface area contributed by atoms with Crippen molar-refractivity contribution in [3.05, 3.63) is 16.1 Å². The number of amidine groups is 1. The lowest BCUT2D eigenvalue weighted by Crippen LogP contribution is -2.43. The molecule has 1 amide bonds. The Kier molecular flexibility index (Phi) is 3.83. The van der Waals surface area contributed by atoms with Crippen LogP contribution in [-0.4, -0.2) is 39.9 Å². The number of nitrogens with zero attached hydrogens (tertiary/aromatic N) is 3. The minimum atomic E-state index is -0.458. The maximum absolute atomic E-state index is 11.9. The van der Waals surface area contributed by atoms with Gasteiger partial charge in [-0.05, 0) is 13.8 Å².